The van der Waals surface area contributed by atoms with E-state index >= 15 is 0 Å². The second-order valence-corrected chi connectivity index (χ2v) is 6.17. The Hall–Kier alpha value is -0.603. The van der Waals surface area contributed by atoms with Crippen molar-refractivity contribution in [2.75, 3.05) is 6.61 Å². The van der Waals surface area contributed by atoms with Gasteiger partial charge in [-0.3, -0.25) is 0 Å². The van der Waals surface area contributed by atoms with Crippen LogP contribution in [0.2, 0.25) is 6.04 Å². The molecule has 1 heterocycles. The van der Waals surface area contributed by atoms with Gasteiger partial charge < -0.3 is 4.43 Å². The van der Waals surface area contributed by atoms with Crippen LogP contribution in [0.5, 0.6) is 0 Å². The van der Waals surface area contributed by atoms with Crippen molar-refractivity contribution in [1.82, 2.24) is 0 Å². The number of hydrogen-bond donors (Lipinski definition) is 0. The van der Waals surface area contributed by atoms with Gasteiger partial charge in [-0.25, -0.2) is 0 Å². The quantitative estimate of drug-likeness (QED) is 0.675. The average Bonchev–Trinajstić information content (AvgIpc) is 2.23. The molecule has 1 aromatic carbocycles. The lowest BCUT2D eigenvalue weighted by Crippen LogP contribution is -2.26. The highest BCUT2D eigenvalue weighted by atomic mass is 28.3. The highest BCUT2D eigenvalue weighted by Gasteiger charge is 2.18. The summed E-state index contributed by atoms with van der Waals surface area (Å²) in [7, 11) is -0.523. The minimum Gasteiger partial charge on any atom is -0.416 e. The maximum Gasteiger partial charge on any atom is 0.215 e. The molecule has 14 heavy (non-hydrogen) atoms. The van der Waals surface area contributed by atoms with E-state index in [4.69, 9.17) is 4.43 Å². The molecule has 75 valence electrons. The van der Waals surface area contributed by atoms with Crippen LogP contribution >= 0.6 is 0 Å². The summed E-state index contributed by atoms with van der Waals surface area (Å²) in [6, 6.07) is 11.2. The molecule has 2 heteroatoms. The Morgan fingerprint density at radius 1 is 1.29 bits per heavy atom. The molecule has 0 atom stereocenters. The van der Waals surface area contributed by atoms with Crippen LogP contribution in [0.25, 0.3) is 0 Å². The van der Waals surface area contributed by atoms with E-state index in [0.29, 0.717) is 0 Å². The number of aryl methyl sites for hydroxylation is 1. The molecule has 0 spiro atoms. The first-order valence-electron chi connectivity index (χ1n) is 5.38. The van der Waals surface area contributed by atoms with E-state index in [1.165, 1.54) is 36.1 Å². The minimum atomic E-state index is -0.523. The van der Waals surface area contributed by atoms with Crippen LogP contribution in [0, 0.1) is 6.92 Å². The first-order chi connectivity index (χ1) is 6.86. The van der Waals surface area contributed by atoms with E-state index in [9.17, 15) is 0 Å². The Kier molecular flexibility index (Phi) is 3.38. The lowest BCUT2D eigenvalue weighted by Gasteiger charge is -2.20. The van der Waals surface area contributed by atoms with Crippen molar-refractivity contribution in [3.05, 3.63) is 35.4 Å². The Bertz CT molecular complexity index is 292. The van der Waals surface area contributed by atoms with Gasteiger partial charge in [0.2, 0.25) is 9.04 Å². The minimum absolute atomic E-state index is 0.523. The van der Waals surface area contributed by atoms with E-state index in [1.54, 1.807) is 0 Å². The predicted molar refractivity (Wildman–Crippen MR) is 60.6 cm³/mol. The molecule has 0 saturated carbocycles. The third-order valence-corrected chi connectivity index (χ3v) is 5.10. The summed E-state index contributed by atoms with van der Waals surface area (Å²) in [6.45, 7) is 3.20. The van der Waals surface area contributed by atoms with Crippen LogP contribution < -0.4 is 0 Å². The maximum atomic E-state index is 5.84. The third kappa shape index (κ3) is 2.46. The fourth-order valence-electron chi connectivity index (χ4n) is 1.87. The zero-order chi connectivity index (χ0) is 9.80. The topological polar surface area (TPSA) is 9.23 Å². The van der Waals surface area contributed by atoms with Gasteiger partial charge in [-0.05, 0) is 36.6 Å². The van der Waals surface area contributed by atoms with Gasteiger partial charge in [0.1, 0.15) is 0 Å². The zero-order valence-corrected chi connectivity index (χ0v) is 9.75. The maximum absolute atomic E-state index is 5.84. The number of hydrogen-bond acceptors (Lipinski definition) is 1. The van der Waals surface area contributed by atoms with Gasteiger partial charge in [-0.2, -0.15) is 0 Å². The Labute approximate surface area is 87.8 Å². The third-order valence-electron chi connectivity index (χ3n) is 2.81. The van der Waals surface area contributed by atoms with Gasteiger partial charge in [-0.15, -0.1) is 0 Å². The monoisotopic (exact) mass is 205 g/mol. The van der Waals surface area contributed by atoms with E-state index in [2.05, 4.69) is 31.2 Å². The lowest BCUT2D eigenvalue weighted by molar-refractivity contribution is 0.286. The summed E-state index contributed by atoms with van der Waals surface area (Å²) in [5, 5.41) is 0. The molecular formula is C12H17OSi. The molecular weight excluding hydrogens is 188 g/mol. The molecule has 0 amide bonds. The smallest absolute Gasteiger partial charge is 0.215 e. The lowest BCUT2D eigenvalue weighted by atomic mass is 10.1. The highest BCUT2D eigenvalue weighted by molar-refractivity contribution is 6.51. The molecule has 1 radical (unpaired) electrons. The van der Waals surface area contributed by atoms with Crippen molar-refractivity contribution in [1.29, 1.82) is 0 Å². The van der Waals surface area contributed by atoms with Crippen molar-refractivity contribution < 1.29 is 4.43 Å². The number of benzene rings is 1. The van der Waals surface area contributed by atoms with Crippen LogP contribution in [0.1, 0.15) is 24.0 Å². The summed E-state index contributed by atoms with van der Waals surface area (Å²) in [6.07, 6.45) is 2.64. The van der Waals surface area contributed by atoms with E-state index in [1.807, 2.05) is 0 Å². The Morgan fingerprint density at radius 3 is 2.86 bits per heavy atom. The Morgan fingerprint density at radius 2 is 2.14 bits per heavy atom. The first kappa shape index (κ1) is 9.93. The molecule has 1 saturated heterocycles. The zero-order valence-electron chi connectivity index (χ0n) is 8.75. The average molecular weight is 205 g/mol. The fraction of sp³-hybridized carbons (Fsp3) is 0.500. The van der Waals surface area contributed by atoms with Crippen molar-refractivity contribution in [3.8, 4) is 0 Å². The molecule has 1 aliphatic rings. The van der Waals surface area contributed by atoms with Crippen LogP contribution in [-0.2, 0) is 10.5 Å². The molecule has 0 aliphatic carbocycles. The predicted octanol–water partition coefficient (Wildman–Crippen LogP) is 2.88. The largest absolute Gasteiger partial charge is 0.416 e. The standard InChI is InChI=1S/C12H17OSi/c1-11-6-2-3-7-12(11)10-14-9-5-4-8-13-14/h2-3,6-7H,4-5,8-10H2,1H3. The van der Waals surface area contributed by atoms with E-state index < -0.39 is 9.04 Å². The van der Waals surface area contributed by atoms with E-state index in [-0.39, 0.29) is 0 Å². The first-order valence-corrected chi connectivity index (χ1v) is 7.20. The van der Waals surface area contributed by atoms with Crippen molar-refractivity contribution >= 4 is 9.04 Å². The van der Waals surface area contributed by atoms with Crippen LogP contribution in [0.15, 0.2) is 24.3 Å². The normalized spacial score (nSPS) is 18.4. The van der Waals surface area contributed by atoms with E-state index in [0.717, 1.165) is 6.61 Å². The summed E-state index contributed by atoms with van der Waals surface area (Å²) < 4.78 is 5.84. The van der Waals surface area contributed by atoms with Gasteiger partial charge >= 0.3 is 0 Å². The fourth-order valence-corrected chi connectivity index (χ4v) is 4.20. The summed E-state index contributed by atoms with van der Waals surface area (Å²) in [5.74, 6) is 0. The second-order valence-electron chi connectivity index (χ2n) is 3.95. The van der Waals surface area contributed by atoms with Crippen molar-refractivity contribution in [3.63, 3.8) is 0 Å². The second kappa shape index (κ2) is 4.76. The molecule has 0 bridgehead atoms. The summed E-state index contributed by atoms with van der Waals surface area (Å²) >= 11 is 0. The van der Waals surface area contributed by atoms with Gasteiger partial charge in [-0.1, -0.05) is 30.7 Å². The van der Waals surface area contributed by atoms with Crippen LogP contribution in [0.3, 0.4) is 0 Å². The summed E-state index contributed by atoms with van der Waals surface area (Å²) in [5.41, 5.74) is 2.91. The molecule has 1 aliphatic heterocycles. The summed E-state index contributed by atoms with van der Waals surface area (Å²) in [4.78, 5) is 0. The highest BCUT2D eigenvalue weighted by Crippen LogP contribution is 2.17. The Balaban J connectivity index is 1.99. The molecule has 0 unspecified atom stereocenters. The molecule has 1 nitrogen and oxygen atoms in total. The molecule has 0 aromatic heterocycles. The molecule has 2 rings (SSSR count). The van der Waals surface area contributed by atoms with Crippen molar-refractivity contribution in [2.24, 2.45) is 0 Å². The van der Waals surface area contributed by atoms with Crippen LogP contribution in [-0.4, -0.2) is 15.6 Å². The molecule has 1 aromatic rings. The molecule has 1 fully saturated rings. The van der Waals surface area contributed by atoms with Crippen LogP contribution in [0.4, 0.5) is 0 Å². The number of rotatable bonds is 2. The van der Waals surface area contributed by atoms with Gasteiger partial charge in [0.05, 0.1) is 0 Å². The van der Waals surface area contributed by atoms with Crippen molar-refractivity contribution in [2.45, 2.75) is 31.9 Å². The van der Waals surface area contributed by atoms with Gasteiger partial charge in [0.15, 0.2) is 0 Å². The molecule has 0 N–H and O–H groups in total. The van der Waals surface area contributed by atoms with Gasteiger partial charge in [0, 0.05) is 6.61 Å². The van der Waals surface area contributed by atoms with Gasteiger partial charge in [0.25, 0.3) is 0 Å². The SMILES string of the molecule is Cc1ccccc1C[Si]1CCCCO1.